The molecule has 0 spiro atoms. The molecule has 0 aliphatic rings. The maximum atomic E-state index is 9.07. The lowest BCUT2D eigenvalue weighted by Gasteiger charge is -2.15. The molecule has 11 heavy (non-hydrogen) atoms. The fraction of sp³-hybridized carbons (Fsp3) is 0.750. The normalized spacial score (nSPS) is 15.7. The van der Waals surface area contributed by atoms with Crippen molar-refractivity contribution in [2.45, 2.75) is 26.5 Å². The van der Waals surface area contributed by atoms with Crippen LogP contribution in [0.5, 0.6) is 0 Å². The van der Waals surface area contributed by atoms with Crippen molar-refractivity contribution in [3.05, 3.63) is 11.6 Å². The predicted molar refractivity (Wildman–Crippen MR) is 46.8 cm³/mol. The van der Waals surface area contributed by atoms with Gasteiger partial charge in [0.25, 0.3) is 0 Å². The van der Waals surface area contributed by atoms with Crippen molar-refractivity contribution in [1.29, 1.82) is 0 Å². The van der Waals surface area contributed by atoms with Crippen molar-refractivity contribution in [3.63, 3.8) is 0 Å². The molecule has 2 unspecified atom stereocenters. The molecule has 0 fully saturated rings. The second kappa shape index (κ2) is 5.29. The first-order chi connectivity index (χ1) is 5.07. The lowest BCUT2D eigenvalue weighted by atomic mass is 10.0. The third-order valence-corrected chi connectivity index (χ3v) is 1.49. The second-order valence-electron chi connectivity index (χ2n) is 2.98. The Labute approximate surface area is 68.1 Å². The highest BCUT2D eigenvalue weighted by molar-refractivity contribution is 4.98. The molecule has 66 valence electrons. The van der Waals surface area contributed by atoms with E-state index in [-0.39, 0.29) is 5.92 Å². The maximum absolute atomic E-state index is 9.07. The number of aliphatic hydroxyl groups is 1. The number of hydrogen-bond donors (Lipinski definition) is 3. The fourth-order valence-corrected chi connectivity index (χ4v) is 0.973. The summed E-state index contributed by atoms with van der Waals surface area (Å²) < 4.78 is 0. The van der Waals surface area contributed by atoms with Gasteiger partial charge in [0.2, 0.25) is 0 Å². The number of rotatable bonds is 4. The minimum atomic E-state index is -0.784. The molecule has 2 atom stereocenters. The molecule has 0 aromatic heterocycles. The molecule has 0 heterocycles. The van der Waals surface area contributed by atoms with Gasteiger partial charge in [-0.2, -0.15) is 0 Å². The zero-order chi connectivity index (χ0) is 8.85. The Morgan fingerprint density at radius 3 is 2.36 bits per heavy atom. The molecular weight excluding hydrogens is 140 g/mol. The molecule has 0 amide bonds. The number of nitrogens with two attached hydrogens (primary N) is 2. The van der Waals surface area contributed by atoms with E-state index in [1.807, 2.05) is 19.9 Å². The number of aliphatic hydroxyl groups excluding tert-OH is 1. The van der Waals surface area contributed by atoms with Crippen LogP contribution in [0.15, 0.2) is 11.6 Å². The Balaban J connectivity index is 4.00. The minimum Gasteiger partial charge on any atom is -0.378 e. The van der Waals surface area contributed by atoms with Crippen molar-refractivity contribution in [3.8, 4) is 0 Å². The first-order valence-electron chi connectivity index (χ1n) is 3.86. The van der Waals surface area contributed by atoms with E-state index in [0.717, 1.165) is 12.0 Å². The molecule has 0 aromatic carbocycles. The summed E-state index contributed by atoms with van der Waals surface area (Å²) in [5.41, 5.74) is 11.8. The Hall–Kier alpha value is -0.380. The van der Waals surface area contributed by atoms with E-state index in [4.69, 9.17) is 16.6 Å². The van der Waals surface area contributed by atoms with Gasteiger partial charge in [0.15, 0.2) is 0 Å². The third kappa shape index (κ3) is 4.95. The van der Waals surface area contributed by atoms with Crippen LogP contribution < -0.4 is 11.5 Å². The van der Waals surface area contributed by atoms with Gasteiger partial charge in [-0.3, -0.25) is 0 Å². The van der Waals surface area contributed by atoms with Crippen molar-refractivity contribution < 1.29 is 5.11 Å². The van der Waals surface area contributed by atoms with Gasteiger partial charge in [-0.1, -0.05) is 11.6 Å². The largest absolute Gasteiger partial charge is 0.378 e. The van der Waals surface area contributed by atoms with Gasteiger partial charge in [0.05, 0.1) is 0 Å². The molecule has 3 nitrogen and oxygen atoms in total. The van der Waals surface area contributed by atoms with Crippen molar-refractivity contribution >= 4 is 0 Å². The molecule has 0 saturated carbocycles. The monoisotopic (exact) mass is 158 g/mol. The second-order valence-corrected chi connectivity index (χ2v) is 2.98. The molecule has 0 saturated heterocycles. The summed E-state index contributed by atoms with van der Waals surface area (Å²) in [5.74, 6) is 0.00463. The third-order valence-electron chi connectivity index (χ3n) is 1.49. The van der Waals surface area contributed by atoms with E-state index in [2.05, 4.69) is 0 Å². The van der Waals surface area contributed by atoms with Gasteiger partial charge in [0.1, 0.15) is 6.23 Å². The SMILES string of the molecule is CC(C)=CC(CCN)C(N)O. The zero-order valence-electron chi connectivity index (χ0n) is 7.25. The molecule has 3 heteroatoms. The number of hydrogen-bond acceptors (Lipinski definition) is 3. The van der Waals surface area contributed by atoms with Crippen LogP contribution in [0.2, 0.25) is 0 Å². The first kappa shape index (κ1) is 10.6. The lowest BCUT2D eigenvalue weighted by Crippen LogP contribution is -2.30. The number of allylic oxidation sites excluding steroid dienone is 1. The average Bonchev–Trinajstić information content (AvgIpc) is 1.86. The highest BCUT2D eigenvalue weighted by atomic mass is 16.3. The lowest BCUT2D eigenvalue weighted by molar-refractivity contribution is 0.133. The zero-order valence-corrected chi connectivity index (χ0v) is 7.25. The summed E-state index contributed by atoms with van der Waals surface area (Å²) in [6.07, 6.45) is 1.91. The van der Waals surface area contributed by atoms with Crippen LogP contribution in [0.1, 0.15) is 20.3 Å². The van der Waals surface area contributed by atoms with E-state index in [1.54, 1.807) is 0 Å². The first-order valence-corrected chi connectivity index (χ1v) is 3.86. The predicted octanol–water partition coefficient (Wildman–Crippen LogP) is 0.195. The van der Waals surface area contributed by atoms with Crippen LogP contribution in [0, 0.1) is 5.92 Å². The molecular formula is C8H18N2O. The molecule has 0 rings (SSSR count). The summed E-state index contributed by atoms with van der Waals surface area (Å²) in [6.45, 7) is 4.51. The van der Waals surface area contributed by atoms with Crippen LogP contribution >= 0.6 is 0 Å². The Morgan fingerprint density at radius 1 is 1.55 bits per heavy atom. The van der Waals surface area contributed by atoms with E-state index in [1.165, 1.54) is 0 Å². The van der Waals surface area contributed by atoms with E-state index < -0.39 is 6.23 Å². The standard InChI is InChI=1S/C8H18N2O/c1-6(2)5-7(3-4-9)8(10)11/h5,7-8,11H,3-4,9-10H2,1-2H3. The van der Waals surface area contributed by atoms with Gasteiger partial charge >= 0.3 is 0 Å². The van der Waals surface area contributed by atoms with Crippen LogP contribution in [0.4, 0.5) is 0 Å². The highest BCUT2D eigenvalue weighted by Gasteiger charge is 2.10. The molecule has 0 radical (unpaired) electrons. The van der Waals surface area contributed by atoms with Crippen LogP contribution in [-0.2, 0) is 0 Å². The quantitative estimate of drug-likeness (QED) is 0.404. The Bertz CT molecular complexity index is 128. The fourth-order valence-electron chi connectivity index (χ4n) is 0.973. The van der Waals surface area contributed by atoms with Gasteiger partial charge in [-0.25, -0.2) is 0 Å². The summed E-state index contributed by atoms with van der Waals surface area (Å²) >= 11 is 0. The summed E-state index contributed by atoms with van der Waals surface area (Å²) in [6, 6.07) is 0. The van der Waals surface area contributed by atoms with E-state index in [9.17, 15) is 0 Å². The minimum absolute atomic E-state index is 0.00463. The average molecular weight is 158 g/mol. The molecule has 5 N–H and O–H groups in total. The Kier molecular flexibility index (Phi) is 5.11. The smallest absolute Gasteiger partial charge is 0.108 e. The summed E-state index contributed by atoms with van der Waals surface area (Å²) in [4.78, 5) is 0. The van der Waals surface area contributed by atoms with Gasteiger partial charge in [-0.05, 0) is 26.8 Å². The summed E-state index contributed by atoms with van der Waals surface area (Å²) in [7, 11) is 0. The van der Waals surface area contributed by atoms with Crippen LogP contribution in [0.25, 0.3) is 0 Å². The maximum Gasteiger partial charge on any atom is 0.108 e. The Morgan fingerprint density at radius 2 is 2.09 bits per heavy atom. The van der Waals surface area contributed by atoms with Gasteiger partial charge < -0.3 is 16.6 Å². The molecule has 0 aliphatic heterocycles. The van der Waals surface area contributed by atoms with Crippen molar-refractivity contribution in [2.75, 3.05) is 6.54 Å². The molecule has 0 bridgehead atoms. The highest BCUT2D eigenvalue weighted by Crippen LogP contribution is 2.09. The van der Waals surface area contributed by atoms with E-state index in [0.29, 0.717) is 6.54 Å². The van der Waals surface area contributed by atoms with Crippen LogP contribution in [0.3, 0.4) is 0 Å². The van der Waals surface area contributed by atoms with Gasteiger partial charge in [-0.15, -0.1) is 0 Å². The van der Waals surface area contributed by atoms with E-state index >= 15 is 0 Å². The topological polar surface area (TPSA) is 72.3 Å². The van der Waals surface area contributed by atoms with Crippen molar-refractivity contribution in [1.82, 2.24) is 0 Å². The van der Waals surface area contributed by atoms with Crippen LogP contribution in [-0.4, -0.2) is 17.9 Å². The molecule has 0 aliphatic carbocycles. The summed E-state index contributed by atoms with van der Waals surface area (Å²) in [5, 5.41) is 9.07. The van der Waals surface area contributed by atoms with Crippen molar-refractivity contribution in [2.24, 2.45) is 17.4 Å². The molecule has 0 aromatic rings. The van der Waals surface area contributed by atoms with Gasteiger partial charge in [0, 0.05) is 5.92 Å².